The maximum atomic E-state index is 11.7. The van der Waals surface area contributed by atoms with E-state index in [9.17, 15) is 4.79 Å². The first-order valence-electron chi connectivity index (χ1n) is 5.13. The Morgan fingerprint density at radius 2 is 1.88 bits per heavy atom. The first-order chi connectivity index (χ1) is 7.79. The molecule has 0 aliphatic rings. The van der Waals surface area contributed by atoms with Gasteiger partial charge in [0.25, 0.3) is 0 Å². The predicted molar refractivity (Wildman–Crippen MR) is 63.5 cm³/mol. The summed E-state index contributed by atoms with van der Waals surface area (Å²) in [7, 11) is 0. The van der Waals surface area contributed by atoms with Crippen molar-refractivity contribution in [2.45, 2.75) is 6.92 Å². The molecule has 0 aliphatic carbocycles. The summed E-state index contributed by atoms with van der Waals surface area (Å²) in [6.45, 7) is 1.57. The summed E-state index contributed by atoms with van der Waals surface area (Å²) in [6.07, 6.45) is 3.48. The van der Waals surface area contributed by atoms with E-state index in [1.54, 1.807) is 23.9 Å². The number of carbonyl (C=O) groups excluding carboxylic acids is 1. The maximum absolute atomic E-state index is 11.7. The van der Waals surface area contributed by atoms with Crippen LogP contribution in [0, 0.1) is 0 Å². The zero-order valence-electron chi connectivity index (χ0n) is 8.84. The van der Waals surface area contributed by atoms with Crippen molar-refractivity contribution in [3.8, 4) is 0 Å². The Kier molecular flexibility index (Phi) is 1.80. The number of hydrogen-bond donors (Lipinski definition) is 0. The van der Waals surface area contributed by atoms with Crippen LogP contribution in [0.5, 0.6) is 0 Å². The lowest BCUT2D eigenvalue weighted by Crippen LogP contribution is -2.04. The van der Waals surface area contributed by atoms with Crippen LogP contribution in [0.25, 0.3) is 21.8 Å². The van der Waals surface area contributed by atoms with Gasteiger partial charge in [-0.05, 0) is 12.1 Å². The minimum Gasteiger partial charge on any atom is -0.278 e. The van der Waals surface area contributed by atoms with E-state index in [1.165, 1.54) is 0 Å². The van der Waals surface area contributed by atoms with Gasteiger partial charge in [-0.1, -0.05) is 18.2 Å². The van der Waals surface area contributed by atoms with Crippen LogP contribution in [0.2, 0.25) is 0 Å². The summed E-state index contributed by atoms with van der Waals surface area (Å²) in [5.74, 6) is 0.0131. The van der Waals surface area contributed by atoms with Gasteiger partial charge in [-0.2, -0.15) is 0 Å². The number of pyridine rings is 1. The summed E-state index contributed by atoms with van der Waals surface area (Å²) >= 11 is 0. The molecule has 1 aromatic carbocycles. The molecule has 0 radical (unpaired) electrons. The molecule has 0 unspecified atom stereocenters. The summed E-state index contributed by atoms with van der Waals surface area (Å²) in [4.78, 5) is 15.7. The van der Waals surface area contributed by atoms with Gasteiger partial charge in [-0.3, -0.25) is 14.3 Å². The van der Waals surface area contributed by atoms with E-state index in [-0.39, 0.29) is 5.91 Å². The van der Waals surface area contributed by atoms with Crippen molar-refractivity contribution in [3.63, 3.8) is 0 Å². The van der Waals surface area contributed by atoms with Gasteiger partial charge in [0.05, 0.1) is 17.2 Å². The van der Waals surface area contributed by atoms with Gasteiger partial charge in [0, 0.05) is 23.9 Å². The van der Waals surface area contributed by atoms with E-state index in [0.29, 0.717) is 0 Å². The van der Waals surface area contributed by atoms with Gasteiger partial charge in [0.2, 0.25) is 5.91 Å². The Hall–Kier alpha value is -2.16. The summed E-state index contributed by atoms with van der Waals surface area (Å²) in [5, 5.41) is 2.16. The van der Waals surface area contributed by atoms with Crippen LogP contribution in [0.1, 0.15) is 11.7 Å². The number of hydrogen-bond acceptors (Lipinski definition) is 2. The van der Waals surface area contributed by atoms with Crippen molar-refractivity contribution in [1.29, 1.82) is 0 Å². The average molecular weight is 210 g/mol. The summed E-state index contributed by atoms with van der Waals surface area (Å²) in [5.41, 5.74) is 1.81. The first-order valence-corrected chi connectivity index (χ1v) is 5.13. The molecule has 2 aromatic heterocycles. The number of rotatable bonds is 0. The molecule has 0 aliphatic heterocycles. The zero-order valence-corrected chi connectivity index (χ0v) is 8.84. The third-order valence-corrected chi connectivity index (χ3v) is 2.79. The molecule has 2 heterocycles. The molecule has 0 saturated carbocycles. The molecule has 0 saturated heterocycles. The van der Waals surface area contributed by atoms with E-state index in [4.69, 9.17) is 0 Å². The second kappa shape index (κ2) is 3.17. The number of aromatic nitrogens is 2. The molecule has 3 heteroatoms. The molecular formula is C13H10N2O. The highest BCUT2D eigenvalue weighted by molar-refractivity contribution is 6.12. The SMILES string of the molecule is CC(=O)n1c2ccccc2c2ccncc21. The van der Waals surface area contributed by atoms with Crippen molar-refractivity contribution < 1.29 is 4.79 Å². The van der Waals surface area contributed by atoms with Crippen molar-refractivity contribution in [3.05, 3.63) is 42.7 Å². The van der Waals surface area contributed by atoms with E-state index in [0.717, 1.165) is 21.8 Å². The molecule has 3 aromatic rings. The monoisotopic (exact) mass is 210 g/mol. The van der Waals surface area contributed by atoms with Gasteiger partial charge in [0.1, 0.15) is 0 Å². The topological polar surface area (TPSA) is 34.9 Å². The van der Waals surface area contributed by atoms with Gasteiger partial charge in [-0.15, -0.1) is 0 Å². The second-order valence-corrected chi connectivity index (χ2v) is 3.76. The summed E-state index contributed by atoms with van der Waals surface area (Å²) in [6, 6.07) is 9.84. The summed E-state index contributed by atoms with van der Waals surface area (Å²) < 4.78 is 1.71. The number of nitrogens with zero attached hydrogens (tertiary/aromatic N) is 2. The van der Waals surface area contributed by atoms with E-state index in [1.807, 2.05) is 30.3 Å². The second-order valence-electron chi connectivity index (χ2n) is 3.76. The molecule has 3 nitrogen and oxygen atoms in total. The standard InChI is InChI=1S/C13H10N2O/c1-9(16)15-12-5-3-2-4-10(12)11-6-7-14-8-13(11)15/h2-8H,1H3. The Morgan fingerprint density at radius 3 is 2.69 bits per heavy atom. The Morgan fingerprint density at radius 1 is 1.12 bits per heavy atom. The Labute approximate surface area is 92.3 Å². The van der Waals surface area contributed by atoms with Crippen LogP contribution < -0.4 is 0 Å². The lowest BCUT2D eigenvalue weighted by atomic mass is 10.2. The largest absolute Gasteiger partial charge is 0.278 e. The van der Waals surface area contributed by atoms with Crippen LogP contribution in [-0.2, 0) is 0 Å². The number of carbonyl (C=O) groups is 1. The van der Waals surface area contributed by atoms with Crippen molar-refractivity contribution in [1.82, 2.24) is 9.55 Å². The van der Waals surface area contributed by atoms with Gasteiger partial charge < -0.3 is 0 Å². The molecule has 16 heavy (non-hydrogen) atoms. The van der Waals surface area contributed by atoms with E-state index in [2.05, 4.69) is 4.98 Å². The predicted octanol–water partition coefficient (Wildman–Crippen LogP) is 2.85. The number of benzene rings is 1. The zero-order chi connectivity index (χ0) is 11.1. The normalized spacial score (nSPS) is 11.1. The van der Waals surface area contributed by atoms with Gasteiger partial charge >= 0.3 is 0 Å². The van der Waals surface area contributed by atoms with E-state index >= 15 is 0 Å². The van der Waals surface area contributed by atoms with Crippen LogP contribution in [0.15, 0.2) is 42.7 Å². The number of fused-ring (bicyclic) bond motifs is 3. The molecule has 78 valence electrons. The van der Waals surface area contributed by atoms with Crippen LogP contribution in [0.4, 0.5) is 0 Å². The minimum absolute atomic E-state index is 0.0131. The fraction of sp³-hybridized carbons (Fsp3) is 0.0769. The lowest BCUT2D eigenvalue weighted by Gasteiger charge is -1.99. The molecule has 0 bridgehead atoms. The smallest absolute Gasteiger partial charge is 0.228 e. The van der Waals surface area contributed by atoms with Gasteiger partial charge in [0.15, 0.2) is 0 Å². The molecule has 0 atom stereocenters. The van der Waals surface area contributed by atoms with Crippen LogP contribution in [0.3, 0.4) is 0 Å². The highest BCUT2D eigenvalue weighted by Crippen LogP contribution is 2.27. The molecule has 0 N–H and O–H groups in total. The first kappa shape index (κ1) is 9.09. The molecule has 3 rings (SSSR count). The average Bonchev–Trinajstić information content (AvgIpc) is 2.63. The fourth-order valence-electron chi connectivity index (χ4n) is 2.16. The van der Waals surface area contributed by atoms with Crippen LogP contribution in [-0.4, -0.2) is 15.5 Å². The van der Waals surface area contributed by atoms with Crippen LogP contribution >= 0.6 is 0 Å². The maximum Gasteiger partial charge on any atom is 0.228 e. The quantitative estimate of drug-likeness (QED) is 0.571. The Balaban J connectivity index is 2.64. The van der Waals surface area contributed by atoms with Crippen molar-refractivity contribution in [2.24, 2.45) is 0 Å². The molecule has 0 spiro atoms. The third-order valence-electron chi connectivity index (χ3n) is 2.79. The van der Waals surface area contributed by atoms with Gasteiger partial charge in [-0.25, -0.2) is 0 Å². The highest BCUT2D eigenvalue weighted by Gasteiger charge is 2.11. The van der Waals surface area contributed by atoms with E-state index < -0.39 is 0 Å². The third kappa shape index (κ3) is 1.08. The molecule has 0 fully saturated rings. The lowest BCUT2D eigenvalue weighted by molar-refractivity contribution is 0.0946. The molecule has 0 amide bonds. The highest BCUT2D eigenvalue weighted by atomic mass is 16.1. The minimum atomic E-state index is 0.0131. The Bertz CT molecular complexity index is 644. The number of para-hydroxylation sites is 1. The van der Waals surface area contributed by atoms with Crippen molar-refractivity contribution in [2.75, 3.05) is 0 Å². The van der Waals surface area contributed by atoms with Crippen molar-refractivity contribution >= 4 is 27.7 Å². The fourth-order valence-corrected chi connectivity index (χ4v) is 2.16. The molecular weight excluding hydrogens is 200 g/mol.